The van der Waals surface area contributed by atoms with Crippen molar-refractivity contribution in [3.8, 4) is 52.5 Å². The fraction of sp³-hybridized carbons (Fsp3) is 0. The van der Waals surface area contributed by atoms with E-state index in [0.29, 0.717) is 41.1 Å². The molecule has 0 saturated heterocycles. The van der Waals surface area contributed by atoms with E-state index in [1.807, 2.05) is 48.5 Å². The molecule has 19 rings (SSSR count). The molecule has 89 heavy (non-hydrogen) atoms. The second-order valence-electron chi connectivity index (χ2n) is 22.1. The van der Waals surface area contributed by atoms with Crippen molar-refractivity contribution in [1.29, 1.82) is 0 Å². The fourth-order valence-corrected chi connectivity index (χ4v) is 13.3. The first kappa shape index (κ1) is 50.0. The van der Waals surface area contributed by atoms with Gasteiger partial charge in [0.15, 0.2) is 11.6 Å². The zero-order chi connectivity index (χ0) is 58.5. The zero-order valence-electron chi connectivity index (χ0n) is 47.6. The van der Waals surface area contributed by atoms with Gasteiger partial charge in [0.25, 0.3) is 0 Å². The molecule has 8 heterocycles. The van der Waals surface area contributed by atoms with Crippen LogP contribution in [0.5, 0.6) is 0 Å². The number of pyridine rings is 1. The van der Waals surface area contributed by atoms with Gasteiger partial charge in [-0.1, -0.05) is 218 Å². The third-order valence-electron chi connectivity index (χ3n) is 17.1. The van der Waals surface area contributed by atoms with Crippen molar-refractivity contribution in [2.75, 3.05) is 0 Å². The van der Waals surface area contributed by atoms with Gasteiger partial charge in [0.2, 0.25) is 23.8 Å². The van der Waals surface area contributed by atoms with Gasteiger partial charge in [0.1, 0.15) is 11.5 Å². The maximum absolute atomic E-state index is 5.28. The number of fused-ring (bicyclic) bond motifs is 15. The molecule has 416 valence electrons. The van der Waals surface area contributed by atoms with Gasteiger partial charge < -0.3 is 0 Å². The zero-order valence-corrected chi connectivity index (χ0v) is 47.6. The molecule has 12 heteroatoms. The van der Waals surface area contributed by atoms with Crippen molar-refractivity contribution in [3.05, 3.63) is 291 Å². The van der Waals surface area contributed by atoms with E-state index in [4.69, 9.17) is 34.9 Å². The number of para-hydroxylation sites is 10. The van der Waals surface area contributed by atoms with Crippen molar-refractivity contribution >= 4 is 109 Å². The second-order valence-corrected chi connectivity index (χ2v) is 22.1. The molecule has 11 aromatic carbocycles. The molecule has 0 aliphatic rings. The summed E-state index contributed by atoms with van der Waals surface area (Å²) in [5.74, 6) is 4.16. The van der Waals surface area contributed by atoms with Crippen LogP contribution >= 0.6 is 0 Å². The van der Waals surface area contributed by atoms with Gasteiger partial charge in [-0.15, -0.1) is 0 Å². The number of hydrogen-bond donors (Lipinski definition) is 0. The smallest absolute Gasteiger partial charge is 0.241 e. The van der Waals surface area contributed by atoms with Crippen molar-refractivity contribution in [2.45, 2.75) is 0 Å². The highest BCUT2D eigenvalue weighted by molar-refractivity contribution is 6.13. The average molecular weight is 1140 g/mol. The molecule has 0 radical (unpaired) electrons. The maximum Gasteiger partial charge on any atom is 0.241 e. The lowest BCUT2D eigenvalue weighted by atomic mass is 10.2. The topological polar surface area (TPSA) is 115 Å². The Morgan fingerprint density at radius 2 is 0.416 bits per heavy atom. The molecule has 0 aliphatic heterocycles. The summed E-state index contributed by atoms with van der Waals surface area (Å²) >= 11 is 0. The molecule has 0 fully saturated rings. The number of aromatic nitrogens is 12. The Balaban J connectivity index is 0.000000133. The molecule has 0 saturated carbocycles. The van der Waals surface area contributed by atoms with Gasteiger partial charge >= 0.3 is 0 Å². The molecule has 0 N–H and O–H groups in total. The molecule has 0 atom stereocenters. The summed E-state index contributed by atoms with van der Waals surface area (Å²) in [4.78, 5) is 36.1. The number of hydrogen-bond acceptors (Lipinski definition) is 7. The van der Waals surface area contributed by atoms with Crippen LogP contribution in [0.25, 0.3) is 162 Å². The van der Waals surface area contributed by atoms with E-state index >= 15 is 0 Å². The van der Waals surface area contributed by atoms with Crippen molar-refractivity contribution in [3.63, 3.8) is 0 Å². The monoisotopic (exact) mass is 1140 g/mol. The summed E-state index contributed by atoms with van der Waals surface area (Å²) in [5.41, 5.74) is 12.2. The summed E-state index contributed by atoms with van der Waals surface area (Å²) in [6.07, 6.45) is 0. The Labute approximate surface area is 507 Å². The first-order valence-corrected chi connectivity index (χ1v) is 29.7. The van der Waals surface area contributed by atoms with Crippen LogP contribution in [0.1, 0.15) is 0 Å². The Morgan fingerprint density at radius 3 is 0.719 bits per heavy atom. The summed E-state index contributed by atoms with van der Waals surface area (Å²) in [5, 5.41) is 11.6. The molecular formula is C77H48N12. The predicted octanol–water partition coefficient (Wildman–Crippen LogP) is 18.0. The average Bonchev–Trinajstić information content (AvgIpc) is 1.94. The summed E-state index contributed by atoms with van der Waals surface area (Å²) in [6, 6.07) is 100. The third kappa shape index (κ3) is 7.90. The lowest BCUT2D eigenvalue weighted by Gasteiger charge is -2.14. The number of rotatable bonds is 7. The van der Waals surface area contributed by atoms with Gasteiger partial charge in [0.05, 0.1) is 55.2 Å². The van der Waals surface area contributed by atoms with Crippen LogP contribution in [0.4, 0.5) is 0 Å². The number of nitrogens with zero attached hydrogens (tertiary/aromatic N) is 12. The van der Waals surface area contributed by atoms with E-state index in [2.05, 4.69) is 265 Å². The van der Waals surface area contributed by atoms with E-state index in [-0.39, 0.29) is 0 Å². The quantitative estimate of drug-likeness (QED) is 0.156. The molecule has 8 aromatic heterocycles. The van der Waals surface area contributed by atoms with Crippen LogP contribution in [0.3, 0.4) is 0 Å². The molecule has 12 nitrogen and oxygen atoms in total. The van der Waals surface area contributed by atoms with E-state index < -0.39 is 0 Å². The lowest BCUT2D eigenvalue weighted by Crippen LogP contribution is -2.13. The summed E-state index contributed by atoms with van der Waals surface area (Å²) in [6.45, 7) is 0. The van der Waals surface area contributed by atoms with Gasteiger partial charge in [-0.3, -0.25) is 22.8 Å². The van der Waals surface area contributed by atoms with Crippen LogP contribution in [-0.4, -0.2) is 57.7 Å². The molecule has 0 aliphatic carbocycles. The molecule has 0 amide bonds. The predicted molar refractivity (Wildman–Crippen MR) is 360 cm³/mol. The molecular weight excluding hydrogens is 1090 g/mol. The van der Waals surface area contributed by atoms with Crippen LogP contribution in [0, 0.1) is 0 Å². The molecule has 0 spiro atoms. The van der Waals surface area contributed by atoms with Crippen LogP contribution in [0.2, 0.25) is 0 Å². The van der Waals surface area contributed by atoms with Gasteiger partial charge in [0, 0.05) is 59.4 Å². The molecule has 19 aromatic rings. The van der Waals surface area contributed by atoms with Crippen LogP contribution < -0.4 is 0 Å². The summed E-state index contributed by atoms with van der Waals surface area (Å²) in [7, 11) is 0. The minimum Gasteiger partial charge on any atom is -0.294 e. The van der Waals surface area contributed by atoms with E-state index in [1.165, 1.54) is 10.8 Å². The minimum atomic E-state index is 0.512. The largest absolute Gasteiger partial charge is 0.294 e. The number of benzene rings is 11. The van der Waals surface area contributed by atoms with Gasteiger partial charge in [-0.2, -0.15) is 24.9 Å². The third-order valence-corrected chi connectivity index (χ3v) is 17.1. The highest BCUT2D eigenvalue weighted by Gasteiger charge is 2.24. The molecule has 0 bridgehead atoms. The highest BCUT2D eigenvalue weighted by Crippen LogP contribution is 2.38. The Hall–Kier alpha value is -12.4. The first-order valence-electron chi connectivity index (χ1n) is 29.7. The first-order chi connectivity index (χ1) is 44.2. The molecule has 0 unspecified atom stereocenters. The fourth-order valence-electron chi connectivity index (χ4n) is 13.3. The van der Waals surface area contributed by atoms with Crippen LogP contribution in [0.15, 0.2) is 291 Å². The lowest BCUT2D eigenvalue weighted by molar-refractivity contribution is 0.848. The van der Waals surface area contributed by atoms with Crippen molar-refractivity contribution in [1.82, 2.24) is 57.7 Å². The van der Waals surface area contributed by atoms with Crippen LogP contribution in [-0.2, 0) is 0 Å². The van der Waals surface area contributed by atoms with Crippen molar-refractivity contribution in [2.24, 2.45) is 0 Å². The Morgan fingerprint density at radius 1 is 0.169 bits per heavy atom. The van der Waals surface area contributed by atoms with E-state index in [9.17, 15) is 0 Å². The van der Waals surface area contributed by atoms with Crippen molar-refractivity contribution < 1.29 is 0 Å². The van der Waals surface area contributed by atoms with Gasteiger partial charge in [-0.25, -0.2) is 9.97 Å². The standard InChI is InChI=1S/C39H24N6.C38H24N6/c1-7-19-31-25(13-1)26-14-2-8-20-32(26)43(31)37-40-38(44-33-21-9-3-15-27(33)28-16-4-10-22-34(28)44)42-39(41-37)45-35-23-11-5-17-29(35)30-18-6-12-24-36(30)45;1-2-13-25(14-3-1)36-40-37(42-38(41-36)44-33-22-10-6-17-28(33)29-18-7-11-23-34(29)44)30-19-12-24-35(39-30)43-31-20-8-4-15-26(31)27-16-5-9-21-32(27)43/h1-24H;1-24H. The second kappa shape index (κ2) is 20.1. The van der Waals surface area contributed by atoms with E-state index in [1.54, 1.807) is 0 Å². The van der Waals surface area contributed by atoms with E-state index in [0.717, 1.165) is 110 Å². The van der Waals surface area contributed by atoms with Gasteiger partial charge in [-0.05, 0) is 72.8 Å². The SMILES string of the molecule is c1ccc(-c2nc(-c3cccc(-n4c5ccccc5c5ccccc54)n3)nc(-n3c4ccccc4c4ccccc43)n2)cc1.c1ccc2c(c1)c1ccccc1n2-c1nc(-n2c3ccccc3c3ccccc32)nc(-n2c3ccccc3c3ccccc32)n1. The normalized spacial score (nSPS) is 11.8. The summed E-state index contributed by atoms with van der Waals surface area (Å²) < 4.78 is 10.8. The highest BCUT2D eigenvalue weighted by atomic mass is 15.3. The Bertz CT molecular complexity index is 5440. The maximum atomic E-state index is 5.28. The minimum absolute atomic E-state index is 0.512. The Kier molecular flexibility index (Phi) is 11.3.